The molecule has 0 fully saturated rings. The predicted molar refractivity (Wildman–Crippen MR) is 78.6 cm³/mol. The minimum Gasteiger partial charge on any atom is -0.312 e. The van der Waals surface area contributed by atoms with Gasteiger partial charge in [0.25, 0.3) is 0 Å². The van der Waals surface area contributed by atoms with Crippen molar-refractivity contribution >= 4 is 0 Å². The molecule has 1 N–H and O–H groups in total. The SMILES string of the molecule is CCCCCCCCCC(NC)c1ccc(F)cn1. The van der Waals surface area contributed by atoms with Crippen LogP contribution in [0, 0.1) is 5.82 Å². The van der Waals surface area contributed by atoms with E-state index in [0.29, 0.717) is 0 Å². The second kappa shape index (κ2) is 9.90. The van der Waals surface area contributed by atoms with Gasteiger partial charge >= 0.3 is 0 Å². The first kappa shape index (κ1) is 16.1. The van der Waals surface area contributed by atoms with Crippen molar-refractivity contribution in [3.05, 3.63) is 29.8 Å². The third kappa shape index (κ3) is 6.67. The number of hydrogen-bond acceptors (Lipinski definition) is 2. The van der Waals surface area contributed by atoms with Crippen molar-refractivity contribution < 1.29 is 4.39 Å². The molecule has 19 heavy (non-hydrogen) atoms. The van der Waals surface area contributed by atoms with Crippen LogP contribution in [0.1, 0.15) is 70.0 Å². The van der Waals surface area contributed by atoms with E-state index >= 15 is 0 Å². The summed E-state index contributed by atoms with van der Waals surface area (Å²) in [6, 6.07) is 3.51. The Hall–Kier alpha value is -0.960. The highest BCUT2D eigenvalue weighted by Gasteiger charge is 2.09. The highest BCUT2D eigenvalue weighted by Crippen LogP contribution is 2.18. The van der Waals surface area contributed by atoms with Gasteiger partial charge < -0.3 is 5.32 Å². The van der Waals surface area contributed by atoms with Crippen LogP contribution in [0.5, 0.6) is 0 Å². The fraction of sp³-hybridized carbons (Fsp3) is 0.688. The second-order valence-corrected chi connectivity index (χ2v) is 5.15. The van der Waals surface area contributed by atoms with E-state index < -0.39 is 0 Å². The zero-order valence-corrected chi connectivity index (χ0v) is 12.3. The van der Waals surface area contributed by atoms with Gasteiger partial charge in [0.05, 0.1) is 11.9 Å². The molecule has 0 bridgehead atoms. The third-order valence-corrected chi connectivity index (χ3v) is 3.55. The summed E-state index contributed by atoms with van der Waals surface area (Å²) in [6.07, 6.45) is 11.6. The van der Waals surface area contributed by atoms with Gasteiger partial charge in [0.2, 0.25) is 0 Å². The molecule has 0 aliphatic carbocycles. The van der Waals surface area contributed by atoms with Crippen molar-refractivity contribution in [2.45, 2.75) is 64.3 Å². The maximum absolute atomic E-state index is 12.8. The van der Waals surface area contributed by atoms with Gasteiger partial charge in [-0.3, -0.25) is 4.98 Å². The standard InChI is InChI=1S/C16H27FN2/c1-3-4-5-6-7-8-9-10-15(18-2)16-12-11-14(17)13-19-16/h11-13,15,18H,3-10H2,1-2H3. The molecule has 0 aromatic carbocycles. The van der Waals surface area contributed by atoms with Crippen LogP contribution in [0.4, 0.5) is 4.39 Å². The molecule has 1 aromatic heterocycles. The number of halogens is 1. The number of aromatic nitrogens is 1. The van der Waals surface area contributed by atoms with Crippen LogP contribution < -0.4 is 5.32 Å². The Morgan fingerprint density at radius 1 is 1.11 bits per heavy atom. The number of unbranched alkanes of at least 4 members (excludes halogenated alkanes) is 6. The number of nitrogens with zero attached hydrogens (tertiary/aromatic N) is 1. The molecule has 1 rings (SSSR count). The number of rotatable bonds is 10. The van der Waals surface area contributed by atoms with E-state index in [9.17, 15) is 4.39 Å². The molecule has 0 amide bonds. The quantitative estimate of drug-likeness (QED) is 0.625. The molecular weight excluding hydrogens is 239 g/mol. The number of hydrogen-bond donors (Lipinski definition) is 1. The maximum Gasteiger partial charge on any atom is 0.141 e. The summed E-state index contributed by atoms with van der Waals surface area (Å²) in [6.45, 7) is 2.24. The van der Waals surface area contributed by atoms with Gasteiger partial charge in [-0.25, -0.2) is 4.39 Å². The average Bonchev–Trinajstić information content (AvgIpc) is 2.43. The van der Waals surface area contributed by atoms with Crippen molar-refractivity contribution in [2.24, 2.45) is 0 Å². The molecule has 0 spiro atoms. The highest BCUT2D eigenvalue weighted by atomic mass is 19.1. The highest BCUT2D eigenvalue weighted by molar-refractivity contribution is 5.09. The molecule has 0 aliphatic heterocycles. The van der Waals surface area contributed by atoms with Crippen LogP contribution in [-0.2, 0) is 0 Å². The monoisotopic (exact) mass is 266 g/mol. The van der Waals surface area contributed by atoms with Crippen LogP contribution in [-0.4, -0.2) is 12.0 Å². The molecule has 0 saturated carbocycles. The lowest BCUT2D eigenvalue weighted by atomic mass is 10.0. The third-order valence-electron chi connectivity index (χ3n) is 3.55. The van der Waals surface area contributed by atoms with Gasteiger partial charge in [0.1, 0.15) is 5.82 Å². The Balaban J connectivity index is 2.20. The van der Waals surface area contributed by atoms with Gasteiger partial charge in [-0.1, -0.05) is 51.9 Å². The van der Waals surface area contributed by atoms with E-state index in [2.05, 4.69) is 17.2 Å². The van der Waals surface area contributed by atoms with Gasteiger partial charge in [-0.2, -0.15) is 0 Å². The molecule has 1 heterocycles. The first-order valence-electron chi connectivity index (χ1n) is 7.56. The predicted octanol–water partition coefficient (Wildman–Crippen LogP) is 4.62. The normalized spacial score (nSPS) is 12.6. The Kier molecular flexibility index (Phi) is 8.39. The van der Waals surface area contributed by atoms with Crippen LogP contribution >= 0.6 is 0 Å². The zero-order chi connectivity index (χ0) is 13.9. The zero-order valence-electron chi connectivity index (χ0n) is 12.3. The maximum atomic E-state index is 12.8. The fourth-order valence-corrected chi connectivity index (χ4v) is 2.34. The molecule has 2 nitrogen and oxygen atoms in total. The summed E-state index contributed by atoms with van der Waals surface area (Å²) in [5.41, 5.74) is 0.940. The molecule has 1 aromatic rings. The minimum atomic E-state index is -0.269. The summed E-state index contributed by atoms with van der Waals surface area (Å²) in [5, 5.41) is 3.26. The smallest absolute Gasteiger partial charge is 0.141 e. The number of pyridine rings is 1. The largest absolute Gasteiger partial charge is 0.312 e. The van der Waals surface area contributed by atoms with Crippen molar-refractivity contribution in [1.82, 2.24) is 10.3 Å². The average molecular weight is 266 g/mol. The van der Waals surface area contributed by atoms with E-state index in [1.807, 2.05) is 7.05 Å². The first-order chi connectivity index (χ1) is 9.27. The molecule has 0 saturated heterocycles. The summed E-state index contributed by atoms with van der Waals surface area (Å²) in [7, 11) is 1.94. The summed E-state index contributed by atoms with van der Waals surface area (Å²) in [5.74, 6) is -0.269. The Morgan fingerprint density at radius 3 is 2.37 bits per heavy atom. The summed E-state index contributed by atoms with van der Waals surface area (Å²) in [4.78, 5) is 4.15. The van der Waals surface area contributed by atoms with E-state index in [-0.39, 0.29) is 11.9 Å². The van der Waals surface area contributed by atoms with Crippen LogP contribution in [0.2, 0.25) is 0 Å². The van der Waals surface area contributed by atoms with Gasteiger partial charge in [0.15, 0.2) is 0 Å². The Labute approximate surface area is 116 Å². The van der Waals surface area contributed by atoms with Crippen molar-refractivity contribution in [3.8, 4) is 0 Å². The molecule has 0 aliphatic rings. The first-order valence-corrected chi connectivity index (χ1v) is 7.56. The van der Waals surface area contributed by atoms with Gasteiger partial charge in [-0.15, -0.1) is 0 Å². The molecular formula is C16H27FN2. The van der Waals surface area contributed by atoms with Crippen LogP contribution in [0.3, 0.4) is 0 Å². The summed E-state index contributed by atoms with van der Waals surface area (Å²) < 4.78 is 12.8. The fourth-order valence-electron chi connectivity index (χ4n) is 2.34. The molecule has 3 heteroatoms. The minimum absolute atomic E-state index is 0.247. The molecule has 1 unspecified atom stereocenters. The topological polar surface area (TPSA) is 24.9 Å². The van der Waals surface area contributed by atoms with E-state index in [1.54, 1.807) is 6.07 Å². The molecule has 0 radical (unpaired) electrons. The van der Waals surface area contributed by atoms with Crippen LogP contribution in [0.15, 0.2) is 18.3 Å². The lowest BCUT2D eigenvalue weighted by molar-refractivity contribution is 0.486. The van der Waals surface area contributed by atoms with Gasteiger partial charge in [0, 0.05) is 6.04 Å². The van der Waals surface area contributed by atoms with E-state index in [4.69, 9.17) is 0 Å². The molecule has 108 valence electrons. The Bertz CT molecular complexity index is 324. The van der Waals surface area contributed by atoms with E-state index in [0.717, 1.165) is 12.1 Å². The number of nitrogens with one attached hydrogen (secondary N) is 1. The van der Waals surface area contributed by atoms with Gasteiger partial charge in [-0.05, 0) is 25.6 Å². The second-order valence-electron chi connectivity index (χ2n) is 5.15. The van der Waals surface area contributed by atoms with E-state index in [1.165, 1.54) is 57.2 Å². The van der Waals surface area contributed by atoms with Crippen molar-refractivity contribution in [2.75, 3.05) is 7.05 Å². The van der Waals surface area contributed by atoms with Crippen molar-refractivity contribution in [3.63, 3.8) is 0 Å². The lowest BCUT2D eigenvalue weighted by Crippen LogP contribution is -2.17. The van der Waals surface area contributed by atoms with Crippen LogP contribution in [0.25, 0.3) is 0 Å². The summed E-state index contributed by atoms with van der Waals surface area (Å²) >= 11 is 0. The lowest BCUT2D eigenvalue weighted by Gasteiger charge is -2.15. The van der Waals surface area contributed by atoms with Crippen molar-refractivity contribution in [1.29, 1.82) is 0 Å². The molecule has 1 atom stereocenters. The Morgan fingerprint density at radius 2 is 1.79 bits per heavy atom.